The SMILES string of the molecule is CCOC(=O)Cc1ccc(C(F)(F)F)c(C#N)c1Cl. The van der Waals surface area contributed by atoms with Crippen molar-refractivity contribution in [2.45, 2.75) is 19.5 Å². The molecular weight excluding hydrogens is 283 g/mol. The minimum Gasteiger partial charge on any atom is -0.466 e. The topological polar surface area (TPSA) is 50.1 Å². The van der Waals surface area contributed by atoms with Crippen LogP contribution in [-0.4, -0.2) is 12.6 Å². The fourth-order valence-electron chi connectivity index (χ4n) is 1.47. The minimum absolute atomic E-state index is 0.129. The molecule has 3 nitrogen and oxygen atoms in total. The van der Waals surface area contributed by atoms with E-state index in [2.05, 4.69) is 4.74 Å². The predicted octanol–water partition coefficient (Wildman–Crippen LogP) is 3.34. The van der Waals surface area contributed by atoms with Crippen LogP contribution in [0, 0.1) is 11.3 Å². The second kappa shape index (κ2) is 5.93. The smallest absolute Gasteiger partial charge is 0.417 e. The van der Waals surface area contributed by atoms with Crippen LogP contribution in [-0.2, 0) is 22.1 Å². The molecule has 0 aliphatic carbocycles. The molecule has 0 saturated heterocycles. The zero-order chi connectivity index (χ0) is 14.6. The number of nitrogens with zero attached hydrogens (tertiary/aromatic N) is 1. The average Bonchev–Trinajstić information content (AvgIpc) is 2.30. The van der Waals surface area contributed by atoms with E-state index in [1.54, 1.807) is 6.92 Å². The number of carbonyl (C=O) groups excluding carboxylic acids is 1. The van der Waals surface area contributed by atoms with Crippen molar-refractivity contribution in [2.24, 2.45) is 0 Å². The molecule has 0 radical (unpaired) electrons. The quantitative estimate of drug-likeness (QED) is 0.803. The van der Waals surface area contributed by atoms with Gasteiger partial charge in [-0.15, -0.1) is 0 Å². The molecule has 0 heterocycles. The standard InChI is InChI=1S/C12H9ClF3NO2/c1-2-19-10(18)5-7-3-4-9(12(14,15)16)8(6-17)11(7)13/h3-4H,2,5H2,1H3. The first-order chi connectivity index (χ1) is 8.81. The maximum atomic E-state index is 12.6. The van der Waals surface area contributed by atoms with E-state index in [1.165, 1.54) is 6.07 Å². The Morgan fingerprint density at radius 3 is 2.58 bits per heavy atom. The number of rotatable bonds is 3. The van der Waals surface area contributed by atoms with Gasteiger partial charge in [-0.3, -0.25) is 4.79 Å². The number of hydrogen-bond acceptors (Lipinski definition) is 3. The van der Waals surface area contributed by atoms with Crippen LogP contribution >= 0.6 is 11.6 Å². The Labute approximate surface area is 112 Å². The molecule has 0 unspecified atom stereocenters. The number of carbonyl (C=O) groups is 1. The molecule has 0 N–H and O–H groups in total. The molecule has 1 aromatic carbocycles. The molecule has 7 heteroatoms. The van der Waals surface area contributed by atoms with Crippen molar-refractivity contribution in [3.8, 4) is 6.07 Å². The van der Waals surface area contributed by atoms with E-state index in [-0.39, 0.29) is 23.6 Å². The van der Waals surface area contributed by atoms with Crippen molar-refractivity contribution in [3.05, 3.63) is 33.8 Å². The summed E-state index contributed by atoms with van der Waals surface area (Å²) in [5, 5.41) is 8.40. The maximum Gasteiger partial charge on any atom is 0.417 e. The average molecular weight is 292 g/mol. The lowest BCUT2D eigenvalue weighted by Gasteiger charge is -2.12. The van der Waals surface area contributed by atoms with Crippen molar-refractivity contribution in [1.82, 2.24) is 0 Å². The van der Waals surface area contributed by atoms with Crippen LogP contribution in [0.4, 0.5) is 13.2 Å². The summed E-state index contributed by atoms with van der Waals surface area (Å²) >= 11 is 5.73. The molecule has 1 aromatic rings. The van der Waals surface area contributed by atoms with Crippen LogP contribution in [0.15, 0.2) is 12.1 Å². The summed E-state index contributed by atoms with van der Waals surface area (Å²) in [7, 11) is 0. The second-order valence-electron chi connectivity index (χ2n) is 3.55. The Bertz CT molecular complexity index is 535. The minimum atomic E-state index is -4.67. The number of nitriles is 1. The van der Waals surface area contributed by atoms with Crippen LogP contribution in [0.3, 0.4) is 0 Å². The van der Waals surface area contributed by atoms with Gasteiger partial charge >= 0.3 is 12.1 Å². The number of hydrogen-bond donors (Lipinski definition) is 0. The highest BCUT2D eigenvalue weighted by Crippen LogP contribution is 2.36. The summed E-state index contributed by atoms with van der Waals surface area (Å²) in [6.07, 6.45) is -4.95. The van der Waals surface area contributed by atoms with Gasteiger partial charge in [0.15, 0.2) is 0 Å². The molecule has 0 spiro atoms. The molecule has 0 aliphatic rings. The summed E-state index contributed by atoms with van der Waals surface area (Å²) in [6, 6.07) is 3.22. The first kappa shape index (κ1) is 15.3. The van der Waals surface area contributed by atoms with Gasteiger partial charge in [-0.05, 0) is 18.6 Å². The van der Waals surface area contributed by atoms with Gasteiger partial charge in [-0.2, -0.15) is 18.4 Å². The third-order valence-corrected chi connectivity index (χ3v) is 2.71. The first-order valence-electron chi connectivity index (χ1n) is 5.25. The van der Waals surface area contributed by atoms with Gasteiger partial charge in [0.2, 0.25) is 0 Å². The van der Waals surface area contributed by atoms with Crippen molar-refractivity contribution in [3.63, 3.8) is 0 Å². The van der Waals surface area contributed by atoms with Gasteiger partial charge in [0, 0.05) is 0 Å². The molecular formula is C12H9ClF3NO2. The van der Waals surface area contributed by atoms with Gasteiger partial charge in [-0.1, -0.05) is 17.7 Å². The molecule has 0 amide bonds. The van der Waals surface area contributed by atoms with E-state index in [0.717, 1.165) is 12.1 Å². The molecule has 0 fully saturated rings. The highest BCUT2D eigenvalue weighted by atomic mass is 35.5. The van der Waals surface area contributed by atoms with Crippen LogP contribution in [0.5, 0.6) is 0 Å². The molecule has 102 valence electrons. The van der Waals surface area contributed by atoms with Gasteiger partial charge in [0.1, 0.15) is 6.07 Å². The van der Waals surface area contributed by atoms with Gasteiger partial charge in [-0.25, -0.2) is 0 Å². The first-order valence-corrected chi connectivity index (χ1v) is 5.63. The molecule has 0 aliphatic heterocycles. The Hall–Kier alpha value is -1.74. The molecule has 0 saturated carbocycles. The number of halogens is 4. The number of esters is 1. The lowest BCUT2D eigenvalue weighted by Crippen LogP contribution is -2.12. The summed E-state index contributed by atoms with van der Waals surface area (Å²) in [6.45, 7) is 1.76. The summed E-state index contributed by atoms with van der Waals surface area (Å²) in [5.41, 5.74) is -1.67. The van der Waals surface area contributed by atoms with Crippen molar-refractivity contribution in [2.75, 3.05) is 6.61 Å². The van der Waals surface area contributed by atoms with Gasteiger partial charge in [0.05, 0.1) is 29.2 Å². The zero-order valence-electron chi connectivity index (χ0n) is 9.84. The van der Waals surface area contributed by atoms with E-state index >= 15 is 0 Å². The van der Waals surface area contributed by atoms with E-state index < -0.39 is 23.3 Å². The second-order valence-corrected chi connectivity index (χ2v) is 3.93. The van der Waals surface area contributed by atoms with Crippen molar-refractivity contribution >= 4 is 17.6 Å². The highest BCUT2D eigenvalue weighted by Gasteiger charge is 2.35. The third-order valence-electron chi connectivity index (χ3n) is 2.28. The number of benzene rings is 1. The van der Waals surface area contributed by atoms with E-state index in [0.29, 0.717) is 0 Å². The number of alkyl halides is 3. The molecule has 19 heavy (non-hydrogen) atoms. The fraction of sp³-hybridized carbons (Fsp3) is 0.333. The maximum absolute atomic E-state index is 12.6. The normalized spacial score (nSPS) is 10.9. The lowest BCUT2D eigenvalue weighted by molar-refractivity contribution is -0.142. The summed E-state index contributed by atoms with van der Waals surface area (Å²) in [5.74, 6) is -0.618. The molecule has 0 atom stereocenters. The van der Waals surface area contributed by atoms with Crippen LogP contribution in [0.2, 0.25) is 5.02 Å². The highest BCUT2D eigenvalue weighted by molar-refractivity contribution is 6.32. The van der Waals surface area contributed by atoms with Crippen LogP contribution < -0.4 is 0 Å². The van der Waals surface area contributed by atoms with Crippen molar-refractivity contribution < 1.29 is 22.7 Å². The van der Waals surface area contributed by atoms with Crippen LogP contribution in [0.1, 0.15) is 23.6 Å². The van der Waals surface area contributed by atoms with Gasteiger partial charge < -0.3 is 4.74 Å². The summed E-state index contributed by atoms with van der Waals surface area (Å²) in [4.78, 5) is 11.3. The molecule has 0 aromatic heterocycles. The Morgan fingerprint density at radius 1 is 1.47 bits per heavy atom. The Balaban J connectivity index is 3.20. The fourth-order valence-corrected chi connectivity index (χ4v) is 1.74. The molecule has 1 rings (SSSR count). The van der Waals surface area contributed by atoms with Gasteiger partial charge in [0.25, 0.3) is 0 Å². The monoisotopic (exact) mass is 291 g/mol. The third kappa shape index (κ3) is 3.61. The summed E-state index contributed by atoms with van der Waals surface area (Å²) < 4.78 is 42.6. The van der Waals surface area contributed by atoms with Crippen molar-refractivity contribution in [1.29, 1.82) is 5.26 Å². The van der Waals surface area contributed by atoms with E-state index in [4.69, 9.17) is 16.9 Å². The van der Waals surface area contributed by atoms with E-state index in [9.17, 15) is 18.0 Å². The van der Waals surface area contributed by atoms with E-state index in [1.807, 2.05) is 0 Å². The zero-order valence-corrected chi connectivity index (χ0v) is 10.6. The lowest BCUT2D eigenvalue weighted by atomic mass is 10.0. The Morgan fingerprint density at radius 2 is 2.11 bits per heavy atom. The predicted molar refractivity (Wildman–Crippen MR) is 61.5 cm³/mol. The number of ether oxygens (including phenoxy) is 1. The molecule has 0 bridgehead atoms. The van der Waals surface area contributed by atoms with Crippen LogP contribution in [0.25, 0.3) is 0 Å². The largest absolute Gasteiger partial charge is 0.466 e. The Kier molecular flexibility index (Phi) is 4.78.